The minimum Gasteiger partial charge on any atom is -0.398 e. The number of anilines is 3. The van der Waals surface area contributed by atoms with Crippen molar-refractivity contribution in [2.45, 2.75) is 6.92 Å². The van der Waals surface area contributed by atoms with Gasteiger partial charge in [0.25, 0.3) is 0 Å². The predicted molar refractivity (Wildman–Crippen MR) is 65.2 cm³/mol. The molecule has 0 aliphatic carbocycles. The van der Waals surface area contributed by atoms with Crippen LogP contribution in [0.25, 0.3) is 0 Å². The minimum absolute atomic E-state index is 0.171. The molecule has 0 saturated heterocycles. The van der Waals surface area contributed by atoms with Gasteiger partial charge >= 0.3 is 0 Å². The summed E-state index contributed by atoms with van der Waals surface area (Å²) in [6.07, 6.45) is 0. The van der Waals surface area contributed by atoms with E-state index in [1.165, 1.54) is 18.2 Å². The number of para-hydroxylation sites is 1. The lowest BCUT2D eigenvalue weighted by molar-refractivity contribution is 0.591. The molecule has 3 N–H and O–H groups in total. The third kappa shape index (κ3) is 2.36. The van der Waals surface area contributed by atoms with Crippen molar-refractivity contribution in [1.82, 2.24) is 0 Å². The van der Waals surface area contributed by atoms with Crippen LogP contribution < -0.4 is 11.1 Å². The van der Waals surface area contributed by atoms with E-state index < -0.39 is 11.6 Å². The van der Waals surface area contributed by atoms with Gasteiger partial charge in [-0.05, 0) is 36.8 Å². The third-order valence-electron chi connectivity index (χ3n) is 2.51. The van der Waals surface area contributed by atoms with E-state index >= 15 is 0 Å². The van der Waals surface area contributed by atoms with E-state index in [4.69, 9.17) is 5.73 Å². The highest BCUT2D eigenvalue weighted by atomic mass is 19.1. The Morgan fingerprint density at radius 1 is 1.06 bits per heavy atom. The van der Waals surface area contributed by atoms with Gasteiger partial charge < -0.3 is 11.1 Å². The molecule has 2 rings (SSSR count). The van der Waals surface area contributed by atoms with E-state index in [2.05, 4.69) is 5.32 Å². The van der Waals surface area contributed by atoms with E-state index in [0.717, 1.165) is 5.56 Å². The van der Waals surface area contributed by atoms with Gasteiger partial charge in [-0.15, -0.1) is 0 Å². The zero-order chi connectivity index (χ0) is 12.4. The number of aryl methyl sites for hydroxylation is 1. The van der Waals surface area contributed by atoms with Gasteiger partial charge in [0.1, 0.15) is 17.3 Å². The number of halogens is 2. The molecule has 0 unspecified atom stereocenters. The van der Waals surface area contributed by atoms with Crippen molar-refractivity contribution in [2.75, 3.05) is 11.1 Å². The molecule has 0 atom stereocenters. The molecule has 0 heterocycles. The molecule has 0 aromatic heterocycles. The predicted octanol–water partition coefficient (Wildman–Crippen LogP) is 3.60. The second-order valence-corrected chi connectivity index (χ2v) is 3.79. The van der Waals surface area contributed by atoms with Crippen molar-refractivity contribution >= 4 is 17.1 Å². The highest BCUT2D eigenvalue weighted by molar-refractivity contribution is 5.66. The van der Waals surface area contributed by atoms with Crippen LogP contribution in [0.2, 0.25) is 0 Å². The Hall–Kier alpha value is -2.10. The van der Waals surface area contributed by atoms with E-state index in [-0.39, 0.29) is 5.69 Å². The Morgan fingerprint density at radius 2 is 1.71 bits per heavy atom. The Labute approximate surface area is 98.1 Å². The van der Waals surface area contributed by atoms with Crippen LogP contribution >= 0.6 is 0 Å². The van der Waals surface area contributed by atoms with Crippen molar-refractivity contribution < 1.29 is 8.78 Å². The van der Waals surface area contributed by atoms with E-state index in [0.29, 0.717) is 11.4 Å². The maximum Gasteiger partial charge on any atom is 0.149 e. The number of nitrogens with one attached hydrogen (secondary N) is 1. The van der Waals surface area contributed by atoms with Gasteiger partial charge in [0.2, 0.25) is 0 Å². The zero-order valence-electron chi connectivity index (χ0n) is 9.30. The van der Waals surface area contributed by atoms with Gasteiger partial charge in [0, 0.05) is 11.4 Å². The average Bonchev–Trinajstić information content (AvgIpc) is 2.28. The number of hydrogen-bond acceptors (Lipinski definition) is 2. The number of nitrogen functional groups attached to an aromatic ring is 1. The second kappa shape index (κ2) is 4.41. The highest BCUT2D eigenvalue weighted by Crippen LogP contribution is 2.25. The Balaban J connectivity index is 2.35. The second-order valence-electron chi connectivity index (χ2n) is 3.79. The molecule has 2 aromatic rings. The molecular formula is C13H12F2N2. The standard InChI is InChI=1S/C13H12F2N2/c1-8-5-6-9(7-12(8)16)17-13-10(14)3-2-4-11(13)15/h2-7,17H,16H2,1H3. The third-order valence-corrected chi connectivity index (χ3v) is 2.51. The molecule has 88 valence electrons. The number of hydrogen-bond donors (Lipinski definition) is 2. The van der Waals surface area contributed by atoms with Crippen LogP contribution in [-0.2, 0) is 0 Å². The lowest BCUT2D eigenvalue weighted by Crippen LogP contribution is -1.98. The van der Waals surface area contributed by atoms with E-state index in [1.807, 2.05) is 6.92 Å². The molecule has 0 saturated carbocycles. The van der Waals surface area contributed by atoms with E-state index in [9.17, 15) is 8.78 Å². The highest BCUT2D eigenvalue weighted by Gasteiger charge is 2.08. The van der Waals surface area contributed by atoms with Gasteiger partial charge in [0.05, 0.1) is 0 Å². The van der Waals surface area contributed by atoms with Crippen LogP contribution in [0.1, 0.15) is 5.56 Å². The minimum atomic E-state index is -0.635. The first-order valence-corrected chi connectivity index (χ1v) is 5.15. The Kier molecular flexibility index (Phi) is 2.95. The molecule has 17 heavy (non-hydrogen) atoms. The van der Waals surface area contributed by atoms with Crippen molar-refractivity contribution in [1.29, 1.82) is 0 Å². The molecule has 0 aliphatic rings. The molecular weight excluding hydrogens is 222 g/mol. The topological polar surface area (TPSA) is 38.0 Å². The first-order chi connectivity index (χ1) is 8.08. The first kappa shape index (κ1) is 11.4. The van der Waals surface area contributed by atoms with Crippen molar-refractivity contribution in [3.05, 3.63) is 53.6 Å². The van der Waals surface area contributed by atoms with E-state index in [1.54, 1.807) is 18.2 Å². The number of rotatable bonds is 2. The molecule has 2 aromatic carbocycles. The smallest absolute Gasteiger partial charge is 0.149 e. The number of nitrogens with two attached hydrogens (primary N) is 1. The summed E-state index contributed by atoms with van der Waals surface area (Å²) in [5, 5.41) is 2.68. The molecule has 0 spiro atoms. The van der Waals surface area contributed by atoms with Gasteiger partial charge in [-0.25, -0.2) is 8.78 Å². The molecule has 0 amide bonds. The lowest BCUT2D eigenvalue weighted by Gasteiger charge is -2.10. The van der Waals surface area contributed by atoms with Gasteiger partial charge in [0.15, 0.2) is 0 Å². The van der Waals surface area contributed by atoms with Crippen LogP contribution in [0.4, 0.5) is 25.8 Å². The van der Waals surface area contributed by atoms with Crippen LogP contribution in [0.3, 0.4) is 0 Å². The molecule has 0 fully saturated rings. The fourth-order valence-electron chi connectivity index (χ4n) is 1.48. The lowest BCUT2D eigenvalue weighted by atomic mass is 10.2. The van der Waals surface area contributed by atoms with Gasteiger partial charge in [-0.1, -0.05) is 12.1 Å². The molecule has 0 bridgehead atoms. The fourth-order valence-corrected chi connectivity index (χ4v) is 1.48. The zero-order valence-corrected chi connectivity index (χ0v) is 9.30. The van der Waals surface area contributed by atoms with Crippen LogP contribution in [0.15, 0.2) is 36.4 Å². The first-order valence-electron chi connectivity index (χ1n) is 5.15. The number of benzene rings is 2. The SMILES string of the molecule is Cc1ccc(Nc2c(F)cccc2F)cc1N. The maximum atomic E-state index is 13.4. The summed E-state index contributed by atoms with van der Waals surface area (Å²) in [6.45, 7) is 1.86. The Morgan fingerprint density at radius 3 is 2.29 bits per heavy atom. The van der Waals surface area contributed by atoms with Crippen molar-refractivity contribution in [2.24, 2.45) is 0 Å². The summed E-state index contributed by atoms with van der Waals surface area (Å²) in [7, 11) is 0. The molecule has 4 heteroatoms. The fraction of sp³-hybridized carbons (Fsp3) is 0.0769. The van der Waals surface area contributed by atoms with Crippen LogP contribution in [0, 0.1) is 18.6 Å². The van der Waals surface area contributed by atoms with Gasteiger partial charge in [-0.3, -0.25) is 0 Å². The maximum absolute atomic E-state index is 13.4. The largest absolute Gasteiger partial charge is 0.398 e. The van der Waals surface area contributed by atoms with Crippen LogP contribution in [-0.4, -0.2) is 0 Å². The summed E-state index contributed by atoms with van der Waals surface area (Å²) in [4.78, 5) is 0. The Bertz CT molecular complexity index is 533. The monoisotopic (exact) mass is 234 g/mol. The summed E-state index contributed by atoms with van der Waals surface area (Å²) in [5.41, 5.74) is 7.60. The molecule has 0 aliphatic heterocycles. The normalized spacial score (nSPS) is 10.3. The van der Waals surface area contributed by atoms with Crippen LogP contribution in [0.5, 0.6) is 0 Å². The summed E-state index contributed by atoms with van der Waals surface area (Å²) in [5.74, 6) is -1.27. The molecule has 0 radical (unpaired) electrons. The quantitative estimate of drug-likeness (QED) is 0.779. The summed E-state index contributed by atoms with van der Waals surface area (Å²) < 4.78 is 26.8. The average molecular weight is 234 g/mol. The van der Waals surface area contributed by atoms with Crippen molar-refractivity contribution in [3.63, 3.8) is 0 Å². The molecule has 2 nitrogen and oxygen atoms in total. The van der Waals surface area contributed by atoms with Crippen molar-refractivity contribution in [3.8, 4) is 0 Å². The summed E-state index contributed by atoms with van der Waals surface area (Å²) >= 11 is 0. The summed E-state index contributed by atoms with van der Waals surface area (Å²) in [6, 6.07) is 8.86. The van der Waals surface area contributed by atoms with Gasteiger partial charge in [-0.2, -0.15) is 0 Å².